The number of hydrogen-bond donors (Lipinski definition) is 2. The van der Waals surface area contributed by atoms with Crippen molar-refractivity contribution in [2.24, 2.45) is 5.10 Å². The van der Waals surface area contributed by atoms with Crippen molar-refractivity contribution < 1.29 is 18.8 Å². The van der Waals surface area contributed by atoms with E-state index in [2.05, 4.69) is 40.7 Å². The van der Waals surface area contributed by atoms with Gasteiger partial charge in [0.2, 0.25) is 11.6 Å². The van der Waals surface area contributed by atoms with Crippen LogP contribution in [0.15, 0.2) is 26.3 Å². The van der Waals surface area contributed by atoms with Crippen molar-refractivity contribution >= 4 is 23.8 Å². The van der Waals surface area contributed by atoms with E-state index in [9.17, 15) is 14.9 Å². The zero-order valence-electron chi connectivity index (χ0n) is 16.2. The van der Waals surface area contributed by atoms with Crippen molar-refractivity contribution in [1.82, 2.24) is 35.6 Å². The molecule has 1 aliphatic heterocycles. The van der Waals surface area contributed by atoms with E-state index in [0.29, 0.717) is 12.2 Å². The number of amides is 1. The molecule has 0 bridgehead atoms. The summed E-state index contributed by atoms with van der Waals surface area (Å²) in [5, 5.41) is 29.7. The molecule has 3 aromatic heterocycles. The maximum absolute atomic E-state index is 12.9. The van der Waals surface area contributed by atoms with Gasteiger partial charge in [-0.25, -0.2) is 10.1 Å². The molecule has 15 heteroatoms. The lowest BCUT2D eigenvalue weighted by atomic mass is 10.1. The second-order valence-corrected chi connectivity index (χ2v) is 6.74. The first-order valence-electron chi connectivity index (χ1n) is 9.36. The molecule has 0 atom stereocenters. The average molecular weight is 430 g/mol. The van der Waals surface area contributed by atoms with Crippen LogP contribution in [0.2, 0.25) is 0 Å². The minimum absolute atomic E-state index is 0.0215. The Morgan fingerprint density at radius 1 is 1.32 bits per heavy atom. The molecular weight excluding hydrogens is 412 g/mol. The number of nitro groups is 1. The Hall–Kier alpha value is -4.14. The molecule has 0 aliphatic carbocycles. The Labute approximate surface area is 174 Å². The van der Waals surface area contributed by atoms with E-state index in [-0.39, 0.29) is 23.1 Å². The fraction of sp³-hybridized carbons (Fsp3) is 0.375. The molecule has 1 aliphatic rings. The fourth-order valence-corrected chi connectivity index (χ4v) is 3.18. The Morgan fingerprint density at radius 3 is 2.81 bits per heavy atom. The van der Waals surface area contributed by atoms with E-state index in [0.717, 1.165) is 43.2 Å². The number of piperidine rings is 1. The van der Waals surface area contributed by atoms with Gasteiger partial charge in [0.25, 0.3) is 5.91 Å². The number of furan rings is 1. The van der Waals surface area contributed by atoms with Crippen LogP contribution in [-0.4, -0.2) is 60.3 Å². The van der Waals surface area contributed by atoms with Gasteiger partial charge in [-0.15, -0.1) is 5.10 Å². The number of nitrogens with one attached hydrogen (secondary N) is 1. The third kappa shape index (κ3) is 4.40. The van der Waals surface area contributed by atoms with Gasteiger partial charge in [0, 0.05) is 6.54 Å². The summed E-state index contributed by atoms with van der Waals surface area (Å²) < 4.78 is 10.7. The predicted octanol–water partition coefficient (Wildman–Crippen LogP) is 0.484. The van der Waals surface area contributed by atoms with Gasteiger partial charge in [-0.1, -0.05) is 11.6 Å². The number of carbonyl (C=O) groups excluding carboxylic acids is 1. The van der Waals surface area contributed by atoms with Crippen molar-refractivity contribution in [2.45, 2.75) is 25.8 Å². The van der Waals surface area contributed by atoms with Crippen molar-refractivity contribution in [3.63, 3.8) is 0 Å². The number of rotatable bonds is 7. The Kier molecular flexibility index (Phi) is 5.65. The van der Waals surface area contributed by atoms with Crippen molar-refractivity contribution in [2.75, 3.05) is 18.8 Å². The number of nitrogens with two attached hydrogens (primary N) is 1. The topological polar surface area (TPSA) is 197 Å². The van der Waals surface area contributed by atoms with Crippen molar-refractivity contribution in [3.05, 3.63) is 39.4 Å². The number of carbonyl (C=O) groups is 1. The lowest BCUT2D eigenvalue weighted by molar-refractivity contribution is -0.402. The molecule has 0 saturated carbocycles. The molecule has 31 heavy (non-hydrogen) atoms. The fourth-order valence-electron chi connectivity index (χ4n) is 3.18. The number of hydrazone groups is 1. The molecule has 1 amide bonds. The van der Waals surface area contributed by atoms with Crippen molar-refractivity contribution in [1.29, 1.82) is 0 Å². The average Bonchev–Trinajstić information content (AvgIpc) is 3.48. The Morgan fingerprint density at radius 2 is 2.13 bits per heavy atom. The van der Waals surface area contributed by atoms with Crippen LogP contribution in [0.4, 0.5) is 11.7 Å². The number of hydrogen-bond acceptors (Lipinski definition) is 12. The molecule has 0 unspecified atom stereocenters. The quantitative estimate of drug-likeness (QED) is 0.300. The van der Waals surface area contributed by atoms with E-state index in [4.69, 9.17) is 10.2 Å². The smallest absolute Gasteiger partial charge is 0.400 e. The Bertz CT molecular complexity index is 1110. The summed E-state index contributed by atoms with van der Waals surface area (Å²) in [5.74, 6) is -1.02. The third-order valence-electron chi connectivity index (χ3n) is 4.62. The molecule has 0 spiro atoms. The van der Waals surface area contributed by atoms with Gasteiger partial charge in [-0.2, -0.15) is 9.78 Å². The van der Waals surface area contributed by atoms with Crippen LogP contribution in [0.25, 0.3) is 5.82 Å². The van der Waals surface area contributed by atoms with Crippen LogP contribution < -0.4 is 11.2 Å². The monoisotopic (exact) mass is 430 g/mol. The molecule has 0 radical (unpaired) electrons. The Balaban J connectivity index is 1.56. The van der Waals surface area contributed by atoms with Crippen LogP contribution in [0.5, 0.6) is 0 Å². The molecule has 4 heterocycles. The summed E-state index contributed by atoms with van der Waals surface area (Å²) in [4.78, 5) is 25.1. The van der Waals surface area contributed by atoms with E-state index in [1.807, 2.05) is 0 Å². The van der Waals surface area contributed by atoms with Crippen LogP contribution >= 0.6 is 0 Å². The highest BCUT2D eigenvalue weighted by atomic mass is 16.6. The summed E-state index contributed by atoms with van der Waals surface area (Å²) in [6.07, 6.45) is 4.43. The van der Waals surface area contributed by atoms with Gasteiger partial charge >= 0.3 is 5.88 Å². The minimum atomic E-state index is -0.677. The van der Waals surface area contributed by atoms with Crippen LogP contribution in [0.1, 0.15) is 41.2 Å². The second-order valence-electron chi connectivity index (χ2n) is 6.74. The second kappa shape index (κ2) is 8.70. The lowest BCUT2D eigenvalue weighted by Crippen LogP contribution is -2.31. The van der Waals surface area contributed by atoms with Gasteiger partial charge in [0.05, 0.1) is 12.3 Å². The molecule has 3 N–H and O–H groups in total. The molecule has 1 fully saturated rings. The van der Waals surface area contributed by atoms with Gasteiger partial charge in [-0.05, 0) is 42.3 Å². The molecule has 162 valence electrons. The molecule has 3 aromatic rings. The number of anilines is 1. The number of nitrogens with zero attached hydrogens (tertiary/aromatic N) is 8. The first-order chi connectivity index (χ1) is 15.0. The van der Waals surface area contributed by atoms with Crippen LogP contribution in [0, 0.1) is 10.1 Å². The van der Waals surface area contributed by atoms with E-state index in [1.54, 1.807) is 0 Å². The van der Waals surface area contributed by atoms with E-state index >= 15 is 0 Å². The van der Waals surface area contributed by atoms with Crippen LogP contribution in [0.3, 0.4) is 0 Å². The van der Waals surface area contributed by atoms with Gasteiger partial charge in [0.1, 0.15) is 10.6 Å². The maximum atomic E-state index is 12.9. The standard InChI is InChI=1S/C16H18N10O5/c17-14-15(22-31-21-14)25-13(11(19-23-25)9-24-6-2-1-3-7-24)16(27)20-18-8-10-4-5-12(30-10)26(28)29/h4-5,8H,1-3,6-7,9H2,(H2,17,21)(H,20,27)/b18-8-. The first kappa shape index (κ1) is 20.1. The van der Waals surface area contributed by atoms with Crippen molar-refractivity contribution in [3.8, 4) is 5.82 Å². The predicted molar refractivity (Wildman–Crippen MR) is 103 cm³/mol. The maximum Gasteiger partial charge on any atom is 0.433 e. The highest BCUT2D eigenvalue weighted by molar-refractivity contribution is 5.94. The summed E-state index contributed by atoms with van der Waals surface area (Å²) in [6.45, 7) is 2.18. The minimum Gasteiger partial charge on any atom is -0.400 e. The SMILES string of the molecule is Nc1nonc1-n1nnc(CN2CCCCC2)c1C(=O)N/N=C\c1ccc([N+](=O)[O-])o1. The highest BCUT2D eigenvalue weighted by Crippen LogP contribution is 2.19. The number of aromatic nitrogens is 5. The molecule has 4 rings (SSSR count). The molecule has 15 nitrogen and oxygen atoms in total. The summed E-state index contributed by atoms with van der Waals surface area (Å²) in [5.41, 5.74) is 8.55. The number of nitrogen functional groups attached to an aromatic ring is 1. The third-order valence-corrected chi connectivity index (χ3v) is 4.62. The zero-order chi connectivity index (χ0) is 21.8. The summed E-state index contributed by atoms with van der Waals surface area (Å²) in [7, 11) is 0. The highest BCUT2D eigenvalue weighted by Gasteiger charge is 2.26. The molecule has 1 saturated heterocycles. The molecular formula is C16H18N10O5. The van der Waals surface area contributed by atoms with Crippen LogP contribution in [-0.2, 0) is 6.54 Å². The largest absolute Gasteiger partial charge is 0.433 e. The first-order valence-corrected chi connectivity index (χ1v) is 9.36. The molecule has 0 aromatic carbocycles. The van der Waals surface area contributed by atoms with E-state index in [1.165, 1.54) is 12.1 Å². The van der Waals surface area contributed by atoms with Gasteiger partial charge in [-0.3, -0.25) is 19.8 Å². The normalized spacial score (nSPS) is 14.8. The summed E-state index contributed by atoms with van der Waals surface area (Å²) >= 11 is 0. The van der Waals surface area contributed by atoms with E-state index < -0.39 is 16.7 Å². The summed E-state index contributed by atoms with van der Waals surface area (Å²) in [6, 6.07) is 2.53. The zero-order valence-corrected chi connectivity index (χ0v) is 16.2. The number of likely N-dealkylation sites (tertiary alicyclic amines) is 1. The van der Waals surface area contributed by atoms with Gasteiger partial charge in [0.15, 0.2) is 11.5 Å². The van der Waals surface area contributed by atoms with Gasteiger partial charge < -0.3 is 10.2 Å². The lowest BCUT2D eigenvalue weighted by Gasteiger charge is -2.25.